The maximum Gasteiger partial charge on any atom is 0.248 e. The lowest BCUT2D eigenvalue weighted by Crippen LogP contribution is -2.21. The zero-order valence-corrected chi connectivity index (χ0v) is 11.4. The van der Waals surface area contributed by atoms with Crippen LogP contribution in [-0.2, 0) is 6.54 Å². The van der Waals surface area contributed by atoms with E-state index in [0.717, 1.165) is 10.0 Å². The van der Waals surface area contributed by atoms with Gasteiger partial charge in [-0.3, -0.25) is 0 Å². The van der Waals surface area contributed by atoms with E-state index in [-0.39, 0.29) is 0 Å². The minimum atomic E-state index is 0.397. The summed E-state index contributed by atoms with van der Waals surface area (Å²) in [4.78, 5) is 0. The lowest BCUT2D eigenvalue weighted by molar-refractivity contribution is 0.458. The molecule has 0 aliphatic carbocycles. The van der Waals surface area contributed by atoms with Crippen molar-refractivity contribution in [3.63, 3.8) is 0 Å². The monoisotopic (exact) mass is 295 g/mol. The maximum absolute atomic E-state index is 5.59. The fourth-order valence-electron chi connectivity index (χ4n) is 1.36. The van der Waals surface area contributed by atoms with Gasteiger partial charge < -0.3 is 9.73 Å². The van der Waals surface area contributed by atoms with Gasteiger partial charge in [-0.2, -0.15) is 0 Å². The first-order valence-corrected chi connectivity index (χ1v) is 6.27. The highest BCUT2D eigenvalue weighted by Gasteiger charge is 2.10. The lowest BCUT2D eigenvalue weighted by Gasteiger charge is -2.03. The Kier molecular flexibility index (Phi) is 3.91. The largest absolute Gasteiger partial charge is 0.419 e. The second-order valence-corrected chi connectivity index (χ2v) is 4.87. The molecule has 0 spiro atoms. The molecule has 17 heavy (non-hydrogen) atoms. The van der Waals surface area contributed by atoms with E-state index in [1.54, 1.807) is 0 Å². The Hall–Kier alpha value is -1.20. The molecule has 5 heteroatoms. The molecule has 2 aromatic rings. The third-order valence-corrected chi connectivity index (χ3v) is 2.92. The molecule has 1 aromatic carbocycles. The maximum atomic E-state index is 5.59. The summed E-state index contributed by atoms with van der Waals surface area (Å²) in [6, 6.07) is 8.18. The second kappa shape index (κ2) is 5.42. The van der Waals surface area contributed by atoms with Crippen molar-refractivity contribution in [1.82, 2.24) is 15.5 Å². The molecule has 1 N–H and O–H groups in total. The lowest BCUT2D eigenvalue weighted by atomic mass is 10.2. The third-order valence-electron chi connectivity index (χ3n) is 2.23. The van der Waals surface area contributed by atoms with E-state index in [0.29, 0.717) is 24.4 Å². The molecular formula is C12H14BrN3O. The van der Waals surface area contributed by atoms with E-state index in [1.165, 1.54) is 0 Å². The molecule has 0 atom stereocenters. The fourth-order valence-corrected chi connectivity index (χ4v) is 1.81. The summed E-state index contributed by atoms with van der Waals surface area (Å²) in [5.41, 5.74) is 0.913. The van der Waals surface area contributed by atoms with Gasteiger partial charge in [-0.05, 0) is 28.1 Å². The van der Waals surface area contributed by atoms with Crippen LogP contribution >= 0.6 is 15.9 Å². The summed E-state index contributed by atoms with van der Waals surface area (Å²) >= 11 is 3.46. The molecule has 0 amide bonds. The number of rotatable bonds is 4. The molecule has 0 aliphatic rings. The van der Waals surface area contributed by atoms with Crippen molar-refractivity contribution in [3.05, 3.63) is 34.6 Å². The van der Waals surface area contributed by atoms with E-state index in [1.807, 2.05) is 24.3 Å². The zero-order chi connectivity index (χ0) is 12.3. The van der Waals surface area contributed by atoms with Crippen LogP contribution in [0.3, 0.4) is 0 Å². The van der Waals surface area contributed by atoms with Crippen LogP contribution in [0.15, 0.2) is 33.2 Å². The average molecular weight is 296 g/mol. The summed E-state index contributed by atoms with van der Waals surface area (Å²) in [5.74, 6) is 1.14. The fraction of sp³-hybridized carbons (Fsp3) is 0.333. The summed E-state index contributed by atoms with van der Waals surface area (Å²) in [7, 11) is 0. The van der Waals surface area contributed by atoms with Crippen molar-refractivity contribution >= 4 is 15.9 Å². The van der Waals surface area contributed by atoms with E-state index in [9.17, 15) is 0 Å². The molecule has 90 valence electrons. The number of halogens is 1. The van der Waals surface area contributed by atoms with Gasteiger partial charge in [-0.25, -0.2) is 0 Å². The predicted octanol–water partition coefficient (Wildman–Crippen LogP) is 3.00. The molecule has 0 unspecified atom stereocenters. The van der Waals surface area contributed by atoms with E-state index in [4.69, 9.17) is 4.42 Å². The van der Waals surface area contributed by atoms with Crippen LogP contribution in [0.25, 0.3) is 11.5 Å². The quantitative estimate of drug-likeness (QED) is 0.942. The number of benzene rings is 1. The highest BCUT2D eigenvalue weighted by molar-refractivity contribution is 9.10. The molecule has 1 heterocycles. The standard InChI is InChI=1S/C12H14BrN3O/c1-8(2)14-7-11-15-16-12(17-11)9-5-3-4-6-10(9)13/h3-6,8,14H,7H2,1-2H3. The van der Waals surface area contributed by atoms with Crippen molar-refractivity contribution in [2.45, 2.75) is 26.4 Å². The minimum absolute atomic E-state index is 0.397. The van der Waals surface area contributed by atoms with Crippen molar-refractivity contribution < 1.29 is 4.42 Å². The molecule has 0 saturated heterocycles. The van der Waals surface area contributed by atoms with Gasteiger partial charge in [-0.1, -0.05) is 26.0 Å². The molecule has 1 aromatic heterocycles. The first kappa shape index (κ1) is 12.3. The minimum Gasteiger partial charge on any atom is -0.419 e. The smallest absolute Gasteiger partial charge is 0.248 e. The molecule has 0 saturated carbocycles. The van der Waals surface area contributed by atoms with E-state index < -0.39 is 0 Å². The first-order valence-electron chi connectivity index (χ1n) is 5.47. The molecular weight excluding hydrogens is 282 g/mol. The Morgan fingerprint density at radius 3 is 2.76 bits per heavy atom. The van der Waals surface area contributed by atoms with Gasteiger partial charge in [0.15, 0.2) is 0 Å². The molecule has 4 nitrogen and oxygen atoms in total. The molecule has 0 fully saturated rings. The van der Waals surface area contributed by atoms with E-state index >= 15 is 0 Å². The van der Waals surface area contributed by atoms with Gasteiger partial charge in [0.25, 0.3) is 0 Å². The van der Waals surface area contributed by atoms with Crippen LogP contribution in [0.5, 0.6) is 0 Å². The topological polar surface area (TPSA) is 51.0 Å². The van der Waals surface area contributed by atoms with Gasteiger partial charge in [-0.15, -0.1) is 10.2 Å². The Bertz CT molecular complexity index is 496. The Balaban J connectivity index is 2.16. The Labute approximate surface area is 109 Å². The van der Waals surface area contributed by atoms with E-state index in [2.05, 4.69) is 45.3 Å². The molecule has 2 rings (SSSR count). The van der Waals surface area contributed by atoms with Crippen molar-refractivity contribution in [2.75, 3.05) is 0 Å². The molecule has 0 aliphatic heterocycles. The average Bonchev–Trinajstić information content (AvgIpc) is 2.75. The number of nitrogens with one attached hydrogen (secondary N) is 1. The normalized spacial score (nSPS) is 11.1. The summed E-state index contributed by atoms with van der Waals surface area (Å²) in [6.07, 6.45) is 0. The van der Waals surface area contributed by atoms with Crippen LogP contribution < -0.4 is 5.32 Å². The Morgan fingerprint density at radius 1 is 1.29 bits per heavy atom. The highest BCUT2D eigenvalue weighted by Crippen LogP contribution is 2.26. The number of hydrogen-bond acceptors (Lipinski definition) is 4. The van der Waals surface area contributed by atoms with Gasteiger partial charge >= 0.3 is 0 Å². The third kappa shape index (κ3) is 3.14. The van der Waals surface area contributed by atoms with Crippen molar-refractivity contribution in [2.24, 2.45) is 0 Å². The summed E-state index contributed by atoms with van der Waals surface area (Å²) in [5, 5.41) is 11.3. The SMILES string of the molecule is CC(C)NCc1nnc(-c2ccccc2Br)o1. The van der Waals surface area contributed by atoms with Gasteiger partial charge in [0, 0.05) is 10.5 Å². The van der Waals surface area contributed by atoms with Crippen LogP contribution in [0, 0.1) is 0 Å². The second-order valence-electron chi connectivity index (χ2n) is 4.02. The first-order chi connectivity index (χ1) is 8.16. The number of aromatic nitrogens is 2. The van der Waals surface area contributed by atoms with Gasteiger partial charge in [0.05, 0.1) is 12.1 Å². The summed E-state index contributed by atoms with van der Waals surface area (Å²) < 4.78 is 6.54. The number of nitrogens with zero attached hydrogens (tertiary/aromatic N) is 2. The van der Waals surface area contributed by atoms with Gasteiger partial charge in [0.1, 0.15) is 0 Å². The Morgan fingerprint density at radius 2 is 2.06 bits per heavy atom. The highest BCUT2D eigenvalue weighted by atomic mass is 79.9. The van der Waals surface area contributed by atoms with Gasteiger partial charge in [0.2, 0.25) is 11.8 Å². The van der Waals surface area contributed by atoms with Crippen LogP contribution in [0.2, 0.25) is 0 Å². The summed E-state index contributed by atoms with van der Waals surface area (Å²) in [6.45, 7) is 4.74. The zero-order valence-electron chi connectivity index (χ0n) is 9.77. The molecule has 0 bridgehead atoms. The van der Waals surface area contributed by atoms with Crippen LogP contribution in [0.1, 0.15) is 19.7 Å². The van der Waals surface area contributed by atoms with Crippen LogP contribution in [-0.4, -0.2) is 16.2 Å². The van der Waals surface area contributed by atoms with Crippen molar-refractivity contribution in [3.8, 4) is 11.5 Å². The predicted molar refractivity (Wildman–Crippen MR) is 69.4 cm³/mol. The molecule has 0 radical (unpaired) electrons. The van der Waals surface area contributed by atoms with Crippen molar-refractivity contribution in [1.29, 1.82) is 0 Å². The van der Waals surface area contributed by atoms with Crippen LogP contribution in [0.4, 0.5) is 0 Å². The number of hydrogen-bond donors (Lipinski definition) is 1.